The zero-order chi connectivity index (χ0) is 14.0. The Kier molecular flexibility index (Phi) is 4.31. The summed E-state index contributed by atoms with van der Waals surface area (Å²) in [7, 11) is -0.633. The van der Waals surface area contributed by atoms with Crippen molar-refractivity contribution in [1.29, 1.82) is 5.26 Å². The second-order valence-electron chi connectivity index (χ2n) is 6.35. The van der Waals surface area contributed by atoms with Gasteiger partial charge in [0.15, 0.2) is 9.76 Å². The number of hydrogen-bond donors (Lipinski definition) is 0. The first-order chi connectivity index (χ1) is 8.14. The average molecular weight is 262 g/mol. The Labute approximate surface area is 112 Å². The van der Waals surface area contributed by atoms with E-state index < -0.39 is 9.76 Å². The van der Waals surface area contributed by atoms with Crippen molar-refractivity contribution < 1.29 is 4.43 Å². The standard InChI is InChI=1S/C14H22N2OSi/c1-10-7-11(8-12(9-15)16-10)14(5,6)17-18-13(2,3)4/h7-8H,18H2,1-6H3. The van der Waals surface area contributed by atoms with E-state index in [1.54, 1.807) is 0 Å². The van der Waals surface area contributed by atoms with E-state index in [1.807, 2.05) is 19.1 Å². The van der Waals surface area contributed by atoms with Crippen LogP contribution in [-0.2, 0) is 10.0 Å². The summed E-state index contributed by atoms with van der Waals surface area (Å²) in [5.74, 6) is 0. The fraction of sp³-hybridized carbons (Fsp3) is 0.571. The highest BCUT2D eigenvalue weighted by Gasteiger charge is 2.25. The molecule has 0 spiro atoms. The second-order valence-corrected chi connectivity index (χ2v) is 9.05. The molecule has 1 rings (SSSR count). The van der Waals surface area contributed by atoms with Gasteiger partial charge in [-0.3, -0.25) is 0 Å². The third kappa shape index (κ3) is 4.24. The lowest BCUT2D eigenvalue weighted by molar-refractivity contribution is 0.109. The van der Waals surface area contributed by atoms with Crippen LogP contribution in [0, 0.1) is 18.3 Å². The molecule has 0 N–H and O–H groups in total. The third-order valence-corrected chi connectivity index (χ3v) is 4.36. The summed E-state index contributed by atoms with van der Waals surface area (Å²) < 4.78 is 6.14. The number of hydrogen-bond acceptors (Lipinski definition) is 3. The molecule has 1 aromatic heterocycles. The normalized spacial score (nSPS) is 12.9. The lowest BCUT2D eigenvalue weighted by atomic mass is 9.98. The zero-order valence-corrected chi connectivity index (χ0v) is 13.6. The predicted molar refractivity (Wildman–Crippen MR) is 76.1 cm³/mol. The van der Waals surface area contributed by atoms with Crippen molar-refractivity contribution in [2.45, 2.75) is 52.2 Å². The van der Waals surface area contributed by atoms with Crippen molar-refractivity contribution in [3.05, 3.63) is 29.1 Å². The predicted octanol–water partition coefficient (Wildman–Crippen LogP) is 2.82. The maximum absolute atomic E-state index is 8.97. The minimum Gasteiger partial charge on any atom is -0.415 e. The molecule has 18 heavy (non-hydrogen) atoms. The molecule has 0 aliphatic rings. The van der Waals surface area contributed by atoms with Gasteiger partial charge in [0, 0.05) is 5.69 Å². The summed E-state index contributed by atoms with van der Waals surface area (Å²) >= 11 is 0. The molecule has 98 valence electrons. The number of rotatable bonds is 3. The Balaban J connectivity index is 2.98. The fourth-order valence-corrected chi connectivity index (χ4v) is 2.51. The molecule has 0 bridgehead atoms. The molecule has 0 aliphatic heterocycles. The maximum atomic E-state index is 8.97. The minimum absolute atomic E-state index is 0.261. The Morgan fingerprint density at radius 3 is 2.33 bits per heavy atom. The topological polar surface area (TPSA) is 45.9 Å². The molecule has 0 amide bonds. The Bertz CT molecular complexity index is 470. The smallest absolute Gasteiger partial charge is 0.168 e. The lowest BCUT2D eigenvalue weighted by Crippen LogP contribution is -2.28. The van der Waals surface area contributed by atoms with Crippen LogP contribution in [0.3, 0.4) is 0 Å². The second kappa shape index (κ2) is 5.21. The van der Waals surface area contributed by atoms with E-state index in [0.29, 0.717) is 5.69 Å². The van der Waals surface area contributed by atoms with Gasteiger partial charge >= 0.3 is 0 Å². The van der Waals surface area contributed by atoms with Gasteiger partial charge < -0.3 is 4.43 Å². The van der Waals surface area contributed by atoms with Crippen LogP contribution in [0.25, 0.3) is 0 Å². The van der Waals surface area contributed by atoms with Gasteiger partial charge in [-0.2, -0.15) is 5.26 Å². The quantitative estimate of drug-likeness (QED) is 0.787. The molecule has 0 saturated carbocycles. The highest BCUT2D eigenvalue weighted by atomic mass is 28.2. The summed E-state index contributed by atoms with van der Waals surface area (Å²) in [4.78, 5) is 4.17. The van der Waals surface area contributed by atoms with Crippen LogP contribution < -0.4 is 0 Å². The Morgan fingerprint density at radius 2 is 1.83 bits per heavy atom. The van der Waals surface area contributed by atoms with Crippen LogP contribution in [0.15, 0.2) is 12.1 Å². The first-order valence-electron chi connectivity index (χ1n) is 6.17. The van der Waals surface area contributed by atoms with Gasteiger partial charge in [0.2, 0.25) is 0 Å². The molecular formula is C14H22N2OSi. The number of aromatic nitrogens is 1. The van der Waals surface area contributed by atoms with E-state index in [4.69, 9.17) is 9.69 Å². The largest absolute Gasteiger partial charge is 0.415 e. The molecule has 4 heteroatoms. The molecule has 1 heterocycles. The first kappa shape index (κ1) is 14.9. The number of aryl methyl sites for hydroxylation is 1. The summed E-state index contributed by atoms with van der Waals surface area (Å²) in [5.41, 5.74) is 2.00. The molecule has 0 fully saturated rings. The summed E-state index contributed by atoms with van der Waals surface area (Å²) in [6.45, 7) is 12.6. The van der Waals surface area contributed by atoms with Crippen molar-refractivity contribution in [2.75, 3.05) is 0 Å². The highest BCUT2D eigenvalue weighted by Crippen LogP contribution is 2.29. The van der Waals surface area contributed by atoms with Gasteiger partial charge in [-0.25, -0.2) is 4.98 Å². The first-order valence-corrected chi connectivity index (χ1v) is 7.46. The van der Waals surface area contributed by atoms with Crippen molar-refractivity contribution in [3.63, 3.8) is 0 Å². The molecule has 0 aliphatic carbocycles. The number of nitriles is 1. The fourth-order valence-electron chi connectivity index (χ4n) is 1.55. The van der Waals surface area contributed by atoms with E-state index in [9.17, 15) is 0 Å². The van der Waals surface area contributed by atoms with Crippen molar-refractivity contribution in [3.8, 4) is 6.07 Å². The van der Waals surface area contributed by atoms with Crippen LogP contribution in [0.5, 0.6) is 0 Å². The van der Waals surface area contributed by atoms with Crippen molar-refractivity contribution >= 4 is 9.76 Å². The lowest BCUT2D eigenvalue weighted by Gasteiger charge is -2.30. The Hall–Kier alpha value is -1.18. The van der Waals surface area contributed by atoms with Crippen molar-refractivity contribution in [1.82, 2.24) is 4.98 Å². The van der Waals surface area contributed by atoms with Gasteiger partial charge in [-0.15, -0.1) is 0 Å². The zero-order valence-electron chi connectivity index (χ0n) is 12.2. The van der Waals surface area contributed by atoms with Crippen LogP contribution in [-0.4, -0.2) is 14.7 Å². The highest BCUT2D eigenvalue weighted by molar-refractivity contribution is 6.31. The molecule has 1 aromatic rings. The van der Waals surface area contributed by atoms with Crippen molar-refractivity contribution in [2.24, 2.45) is 0 Å². The maximum Gasteiger partial charge on any atom is 0.168 e. The van der Waals surface area contributed by atoms with Crippen LogP contribution in [0.4, 0.5) is 0 Å². The minimum atomic E-state index is -0.633. The molecule has 0 atom stereocenters. The number of pyridine rings is 1. The van der Waals surface area contributed by atoms with Gasteiger partial charge in [0.05, 0.1) is 5.60 Å². The molecular weight excluding hydrogens is 240 g/mol. The van der Waals surface area contributed by atoms with Gasteiger partial charge in [-0.1, -0.05) is 20.8 Å². The van der Waals surface area contributed by atoms with Gasteiger partial charge in [-0.05, 0) is 43.5 Å². The monoisotopic (exact) mass is 262 g/mol. The van der Waals surface area contributed by atoms with E-state index in [0.717, 1.165) is 11.3 Å². The Morgan fingerprint density at radius 1 is 1.22 bits per heavy atom. The summed E-state index contributed by atoms with van der Waals surface area (Å²) in [6.07, 6.45) is 0. The third-order valence-electron chi connectivity index (χ3n) is 2.63. The molecule has 0 unspecified atom stereocenters. The summed E-state index contributed by atoms with van der Waals surface area (Å²) in [6, 6.07) is 5.92. The van der Waals surface area contributed by atoms with Crippen LogP contribution in [0.2, 0.25) is 5.04 Å². The van der Waals surface area contributed by atoms with Crippen LogP contribution in [0.1, 0.15) is 51.6 Å². The molecule has 0 aromatic carbocycles. The number of nitrogens with zero attached hydrogens (tertiary/aromatic N) is 2. The molecule has 0 radical (unpaired) electrons. The molecule has 3 nitrogen and oxygen atoms in total. The van der Waals surface area contributed by atoms with E-state index in [-0.39, 0.29) is 10.6 Å². The van der Waals surface area contributed by atoms with E-state index >= 15 is 0 Å². The van der Waals surface area contributed by atoms with Gasteiger partial charge in [0.1, 0.15) is 11.8 Å². The SMILES string of the molecule is Cc1cc(C(C)(C)O[SiH2]C(C)(C)C)cc(C#N)n1. The molecule has 0 saturated heterocycles. The summed E-state index contributed by atoms with van der Waals surface area (Å²) in [5, 5.41) is 9.23. The average Bonchev–Trinajstić information content (AvgIpc) is 2.25. The van der Waals surface area contributed by atoms with E-state index in [2.05, 4.69) is 45.7 Å². The van der Waals surface area contributed by atoms with Crippen LogP contribution >= 0.6 is 0 Å². The van der Waals surface area contributed by atoms with Gasteiger partial charge in [0.25, 0.3) is 0 Å². The van der Waals surface area contributed by atoms with E-state index in [1.165, 1.54) is 0 Å².